The van der Waals surface area contributed by atoms with Crippen LogP contribution in [0.25, 0.3) is 11.0 Å². The van der Waals surface area contributed by atoms with Crippen molar-refractivity contribution in [1.82, 2.24) is 9.13 Å². The average molecular weight is 477 g/mol. The van der Waals surface area contributed by atoms with E-state index < -0.39 is 27.5 Å². The lowest BCUT2D eigenvalue weighted by Crippen LogP contribution is -2.30. The zero-order valence-corrected chi connectivity index (χ0v) is 20.1. The molecule has 0 spiro atoms. The summed E-state index contributed by atoms with van der Waals surface area (Å²) in [5.74, 6) is 0.0863. The number of nitrogens with zero attached hydrogens (tertiary/aromatic N) is 2. The minimum absolute atomic E-state index is 0.210. The van der Waals surface area contributed by atoms with Gasteiger partial charge in [0.2, 0.25) is 0 Å². The summed E-state index contributed by atoms with van der Waals surface area (Å²) in [4.78, 5) is 25.6. The third kappa shape index (κ3) is 5.05. The summed E-state index contributed by atoms with van der Waals surface area (Å²) in [6, 6.07) is 8.98. The Balaban J connectivity index is 2.29. The lowest BCUT2D eigenvalue weighted by Gasteiger charge is -2.20. The van der Waals surface area contributed by atoms with Gasteiger partial charge in [-0.3, -0.25) is 9.13 Å². The zero-order valence-electron chi connectivity index (χ0n) is 19.3. The van der Waals surface area contributed by atoms with Crippen LogP contribution in [0.1, 0.15) is 35.8 Å². The maximum absolute atomic E-state index is 13.3. The SMILES string of the molecule is CCOC(=O)c1ccc2c(c1)n([C@@H](CS(C)(=O)=O)c1ccc(OC)c(OCC)c1)c(=O)n2C. The first-order valence-corrected chi connectivity index (χ1v) is 12.5. The van der Waals surface area contributed by atoms with E-state index >= 15 is 0 Å². The van der Waals surface area contributed by atoms with Crippen LogP contribution in [-0.4, -0.2) is 55.9 Å². The Labute approximate surface area is 192 Å². The average Bonchev–Trinajstić information content (AvgIpc) is 3.01. The monoisotopic (exact) mass is 476 g/mol. The quantitative estimate of drug-likeness (QED) is 0.437. The Morgan fingerprint density at radius 3 is 2.36 bits per heavy atom. The van der Waals surface area contributed by atoms with Crippen LogP contribution in [0.15, 0.2) is 41.2 Å². The molecule has 0 saturated heterocycles. The van der Waals surface area contributed by atoms with E-state index in [4.69, 9.17) is 14.2 Å². The molecule has 33 heavy (non-hydrogen) atoms. The van der Waals surface area contributed by atoms with E-state index in [0.717, 1.165) is 6.26 Å². The molecule has 9 nitrogen and oxygen atoms in total. The van der Waals surface area contributed by atoms with Crippen molar-refractivity contribution in [3.05, 3.63) is 58.0 Å². The molecule has 0 aliphatic heterocycles. The van der Waals surface area contributed by atoms with E-state index in [1.807, 2.05) is 6.92 Å². The van der Waals surface area contributed by atoms with Gasteiger partial charge in [0.15, 0.2) is 11.5 Å². The topological polar surface area (TPSA) is 106 Å². The second-order valence-corrected chi connectivity index (χ2v) is 9.77. The highest BCUT2D eigenvalue weighted by atomic mass is 32.2. The number of rotatable bonds is 9. The van der Waals surface area contributed by atoms with Crippen LogP contribution in [0, 0.1) is 0 Å². The smallest absolute Gasteiger partial charge is 0.338 e. The molecule has 2 aromatic carbocycles. The van der Waals surface area contributed by atoms with Crippen LogP contribution >= 0.6 is 0 Å². The van der Waals surface area contributed by atoms with Crippen molar-refractivity contribution in [3.63, 3.8) is 0 Å². The Kier molecular flexibility index (Phi) is 7.16. The molecule has 10 heteroatoms. The van der Waals surface area contributed by atoms with Crippen molar-refractivity contribution in [2.75, 3.05) is 32.3 Å². The van der Waals surface area contributed by atoms with Crippen molar-refractivity contribution >= 4 is 26.8 Å². The number of ether oxygens (including phenoxy) is 3. The highest BCUT2D eigenvalue weighted by Crippen LogP contribution is 2.33. The minimum Gasteiger partial charge on any atom is -0.493 e. The van der Waals surface area contributed by atoms with Crippen molar-refractivity contribution in [3.8, 4) is 11.5 Å². The summed E-state index contributed by atoms with van der Waals surface area (Å²) in [5, 5.41) is 0. The van der Waals surface area contributed by atoms with Gasteiger partial charge in [-0.2, -0.15) is 0 Å². The van der Waals surface area contributed by atoms with Gasteiger partial charge in [0.05, 0.1) is 48.7 Å². The highest BCUT2D eigenvalue weighted by molar-refractivity contribution is 7.90. The van der Waals surface area contributed by atoms with E-state index in [0.29, 0.717) is 34.7 Å². The van der Waals surface area contributed by atoms with Crippen molar-refractivity contribution in [1.29, 1.82) is 0 Å². The van der Waals surface area contributed by atoms with Gasteiger partial charge in [0.25, 0.3) is 0 Å². The molecule has 0 saturated carbocycles. The van der Waals surface area contributed by atoms with Gasteiger partial charge in [0.1, 0.15) is 9.84 Å². The van der Waals surface area contributed by atoms with Crippen LogP contribution in [0.2, 0.25) is 0 Å². The van der Waals surface area contributed by atoms with Crippen molar-refractivity contribution < 1.29 is 27.4 Å². The van der Waals surface area contributed by atoms with Gasteiger partial charge in [-0.25, -0.2) is 18.0 Å². The number of hydrogen-bond donors (Lipinski definition) is 0. The summed E-state index contributed by atoms with van der Waals surface area (Å²) < 4.78 is 43.7. The molecule has 0 unspecified atom stereocenters. The fourth-order valence-electron chi connectivity index (χ4n) is 3.79. The molecule has 1 atom stereocenters. The molecule has 0 bridgehead atoms. The van der Waals surface area contributed by atoms with Crippen molar-refractivity contribution in [2.24, 2.45) is 7.05 Å². The number of fused-ring (bicyclic) bond motifs is 1. The number of aryl methyl sites for hydroxylation is 1. The molecule has 0 N–H and O–H groups in total. The largest absolute Gasteiger partial charge is 0.493 e. The second kappa shape index (κ2) is 9.70. The number of aromatic nitrogens is 2. The Morgan fingerprint density at radius 2 is 1.76 bits per heavy atom. The highest BCUT2D eigenvalue weighted by Gasteiger charge is 2.26. The van der Waals surface area contributed by atoms with E-state index in [9.17, 15) is 18.0 Å². The standard InChI is InChI=1S/C23H28N2O7S/c1-6-31-21-13-15(9-11-20(21)30-4)19(14-33(5,28)29)25-18-12-16(22(26)32-7-2)8-10-17(18)24(3)23(25)27/h8-13,19H,6-7,14H2,1-5H3/t19-/m0/s1. The lowest BCUT2D eigenvalue weighted by atomic mass is 10.1. The van der Waals surface area contributed by atoms with Crippen LogP contribution in [0.5, 0.6) is 11.5 Å². The van der Waals surface area contributed by atoms with Gasteiger partial charge in [-0.15, -0.1) is 0 Å². The molecule has 0 fully saturated rings. The van der Waals surface area contributed by atoms with E-state index in [2.05, 4.69) is 0 Å². The zero-order chi connectivity index (χ0) is 24.3. The molecule has 0 radical (unpaired) electrons. The summed E-state index contributed by atoms with van der Waals surface area (Å²) in [6.07, 6.45) is 1.12. The third-order valence-electron chi connectivity index (χ3n) is 5.25. The second-order valence-electron chi connectivity index (χ2n) is 7.59. The van der Waals surface area contributed by atoms with Gasteiger partial charge in [-0.05, 0) is 49.7 Å². The molecule has 1 heterocycles. The van der Waals surface area contributed by atoms with E-state index in [1.54, 1.807) is 50.4 Å². The van der Waals surface area contributed by atoms with Crippen LogP contribution in [0.4, 0.5) is 0 Å². The fraction of sp³-hybridized carbons (Fsp3) is 0.391. The molecule has 178 valence electrons. The first kappa shape index (κ1) is 24.4. The van der Waals surface area contributed by atoms with Gasteiger partial charge in [-0.1, -0.05) is 6.07 Å². The first-order valence-electron chi connectivity index (χ1n) is 10.5. The van der Waals surface area contributed by atoms with Crippen LogP contribution < -0.4 is 15.2 Å². The Morgan fingerprint density at radius 1 is 1.03 bits per heavy atom. The van der Waals surface area contributed by atoms with Crippen LogP contribution in [0.3, 0.4) is 0 Å². The van der Waals surface area contributed by atoms with E-state index in [-0.39, 0.29) is 17.9 Å². The minimum atomic E-state index is -3.50. The predicted molar refractivity (Wildman–Crippen MR) is 125 cm³/mol. The maximum Gasteiger partial charge on any atom is 0.338 e. The number of benzene rings is 2. The number of sulfone groups is 1. The number of imidazole rings is 1. The molecular formula is C23H28N2O7S. The van der Waals surface area contributed by atoms with Gasteiger partial charge < -0.3 is 14.2 Å². The normalized spacial score (nSPS) is 12.5. The summed E-state index contributed by atoms with van der Waals surface area (Å²) >= 11 is 0. The first-order chi connectivity index (χ1) is 15.6. The number of esters is 1. The summed E-state index contributed by atoms with van der Waals surface area (Å²) in [5.41, 5.74) is 1.40. The summed E-state index contributed by atoms with van der Waals surface area (Å²) in [6.45, 7) is 4.12. The number of carbonyl (C=O) groups excluding carboxylic acids is 1. The lowest BCUT2D eigenvalue weighted by molar-refractivity contribution is 0.0526. The number of carbonyl (C=O) groups is 1. The van der Waals surface area contributed by atoms with Crippen molar-refractivity contribution in [2.45, 2.75) is 19.9 Å². The fourth-order valence-corrected chi connectivity index (χ4v) is 4.70. The molecule has 3 rings (SSSR count). The van der Waals surface area contributed by atoms with Gasteiger partial charge >= 0.3 is 11.7 Å². The molecule has 0 aliphatic rings. The summed E-state index contributed by atoms with van der Waals surface area (Å²) in [7, 11) is -0.393. The van der Waals surface area contributed by atoms with E-state index in [1.165, 1.54) is 16.2 Å². The predicted octanol–water partition coefficient (Wildman–Crippen LogP) is 2.56. The molecular weight excluding hydrogens is 448 g/mol. The number of methoxy groups -OCH3 is 1. The maximum atomic E-state index is 13.3. The third-order valence-corrected chi connectivity index (χ3v) is 6.17. The molecule has 3 aromatic rings. The molecule has 1 aromatic heterocycles. The Hall–Kier alpha value is -3.27. The number of hydrogen-bond acceptors (Lipinski definition) is 7. The Bertz CT molecular complexity index is 1340. The van der Waals surface area contributed by atoms with Gasteiger partial charge in [0, 0.05) is 13.3 Å². The molecule has 0 amide bonds. The molecule has 0 aliphatic carbocycles. The van der Waals surface area contributed by atoms with Crippen LogP contribution in [-0.2, 0) is 21.6 Å².